The Labute approximate surface area is 154 Å². The molecule has 0 radical (unpaired) electrons. The minimum Gasteiger partial charge on any atom is -0.359 e. The molecule has 1 atom stereocenters. The van der Waals surface area contributed by atoms with Crippen LogP contribution >= 0.6 is 0 Å². The summed E-state index contributed by atoms with van der Waals surface area (Å²) in [6.45, 7) is 3.84. The number of hydrogen-bond acceptors (Lipinski definition) is 5. The van der Waals surface area contributed by atoms with Crippen molar-refractivity contribution in [3.63, 3.8) is 0 Å². The SMILES string of the molecule is Cc1nc([C@@H]2CCCCN2C(=O)c2ccncc2)nc2c1CCCN2C. The quantitative estimate of drug-likeness (QED) is 0.832. The summed E-state index contributed by atoms with van der Waals surface area (Å²) in [5.74, 6) is 1.88. The third-order valence-electron chi connectivity index (χ3n) is 5.48. The molecule has 1 amide bonds. The van der Waals surface area contributed by atoms with Crippen LogP contribution in [-0.4, -0.2) is 45.9 Å². The summed E-state index contributed by atoms with van der Waals surface area (Å²) < 4.78 is 0. The van der Waals surface area contributed by atoms with Gasteiger partial charge < -0.3 is 9.80 Å². The second-order valence-corrected chi connectivity index (χ2v) is 7.24. The van der Waals surface area contributed by atoms with E-state index in [0.29, 0.717) is 5.56 Å². The predicted octanol–water partition coefficient (Wildman–Crippen LogP) is 2.93. The van der Waals surface area contributed by atoms with Crippen molar-refractivity contribution in [2.45, 2.75) is 45.1 Å². The Morgan fingerprint density at radius 3 is 2.73 bits per heavy atom. The maximum atomic E-state index is 13.1. The van der Waals surface area contributed by atoms with E-state index < -0.39 is 0 Å². The molecule has 136 valence electrons. The van der Waals surface area contributed by atoms with Crippen LogP contribution in [0.25, 0.3) is 0 Å². The Balaban J connectivity index is 1.70. The van der Waals surface area contributed by atoms with E-state index >= 15 is 0 Å². The summed E-state index contributed by atoms with van der Waals surface area (Å²) in [5, 5.41) is 0. The van der Waals surface area contributed by atoms with Crippen molar-refractivity contribution in [3.8, 4) is 0 Å². The van der Waals surface area contributed by atoms with Crippen molar-refractivity contribution in [2.75, 3.05) is 25.0 Å². The Bertz CT molecular complexity index is 807. The lowest BCUT2D eigenvalue weighted by atomic mass is 9.99. The smallest absolute Gasteiger partial charge is 0.254 e. The summed E-state index contributed by atoms with van der Waals surface area (Å²) in [5.41, 5.74) is 2.99. The van der Waals surface area contributed by atoms with Gasteiger partial charge in [-0.1, -0.05) is 0 Å². The van der Waals surface area contributed by atoms with Gasteiger partial charge in [0.15, 0.2) is 5.82 Å². The van der Waals surface area contributed by atoms with Crippen LogP contribution < -0.4 is 4.90 Å². The minimum atomic E-state index is -0.0521. The molecule has 6 heteroatoms. The molecular formula is C20H25N5O. The Morgan fingerprint density at radius 1 is 1.12 bits per heavy atom. The second-order valence-electron chi connectivity index (χ2n) is 7.24. The zero-order valence-corrected chi connectivity index (χ0v) is 15.5. The summed E-state index contributed by atoms with van der Waals surface area (Å²) >= 11 is 0. The van der Waals surface area contributed by atoms with E-state index in [1.807, 2.05) is 4.90 Å². The molecule has 4 rings (SSSR count). The number of piperidine rings is 1. The number of carbonyl (C=O) groups is 1. The summed E-state index contributed by atoms with van der Waals surface area (Å²) in [7, 11) is 2.09. The number of likely N-dealkylation sites (tertiary alicyclic amines) is 1. The van der Waals surface area contributed by atoms with E-state index in [2.05, 4.69) is 23.9 Å². The van der Waals surface area contributed by atoms with Crippen LogP contribution in [0.3, 0.4) is 0 Å². The fourth-order valence-corrected chi connectivity index (χ4v) is 4.06. The third kappa shape index (κ3) is 3.04. The van der Waals surface area contributed by atoms with Crippen LogP contribution in [0.15, 0.2) is 24.5 Å². The lowest BCUT2D eigenvalue weighted by molar-refractivity contribution is 0.0599. The van der Waals surface area contributed by atoms with Gasteiger partial charge in [0.1, 0.15) is 5.82 Å². The summed E-state index contributed by atoms with van der Waals surface area (Å²) in [6, 6.07) is 3.50. The molecule has 1 saturated heterocycles. The maximum absolute atomic E-state index is 13.1. The van der Waals surface area contributed by atoms with Crippen molar-refractivity contribution in [1.29, 1.82) is 0 Å². The number of carbonyl (C=O) groups excluding carboxylic acids is 1. The Kier molecular flexibility index (Phi) is 4.57. The zero-order valence-electron chi connectivity index (χ0n) is 15.5. The highest BCUT2D eigenvalue weighted by Crippen LogP contribution is 2.33. The largest absolute Gasteiger partial charge is 0.359 e. The number of hydrogen-bond donors (Lipinski definition) is 0. The molecule has 0 N–H and O–H groups in total. The second kappa shape index (κ2) is 7.02. The molecule has 0 aromatic carbocycles. The number of rotatable bonds is 2. The maximum Gasteiger partial charge on any atom is 0.254 e. The van der Waals surface area contributed by atoms with Gasteiger partial charge in [-0.25, -0.2) is 9.97 Å². The number of aryl methyl sites for hydroxylation is 1. The standard InChI is InChI=1S/C20H25N5O/c1-14-16-6-5-12-24(2)19(16)23-18(22-14)17-7-3-4-13-25(17)20(26)15-8-10-21-11-9-15/h8-11,17H,3-7,12-13H2,1-2H3/t17-/m0/s1. The molecule has 2 aliphatic rings. The van der Waals surface area contributed by atoms with Crippen LogP contribution in [0.5, 0.6) is 0 Å². The van der Waals surface area contributed by atoms with Gasteiger partial charge in [-0.15, -0.1) is 0 Å². The third-order valence-corrected chi connectivity index (χ3v) is 5.48. The van der Waals surface area contributed by atoms with Gasteiger partial charge >= 0.3 is 0 Å². The van der Waals surface area contributed by atoms with Gasteiger partial charge in [0.25, 0.3) is 5.91 Å². The fourth-order valence-electron chi connectivity index (χ4n) is 4.06. The molecular weight excluding hydrogens is 326 g/mol. The van der Waals surface area contributed by atoms with Crippen LogP contribution in [0.2, 0.25) is 0 Å². The van der Waals surface area contributed by atoms with Gasteiger partial charge in [0, 0.05) is 49.4 Å². The first kappa shape index (κ1) is 16.9. The number of pyridine rings is 1. The molecule has 2 aromatic rings. The molecule has 4 heterocycles. The normalized spacial score (nSPS) is 20.0. The van der Waals surface area contributed by atoms with Gasteiger partial charge in [-0.05, 0) is 51.2 Å². The highest BCUT2D eigenvalue weighted by atomic mass is 16.2. The number of anilines is 1. The van der Waals surface area contributed by atoms with Crippen LogP contribution in [0.1, 0.15) is 59.2 Å². The van der Waals surface area contributed by atoms with Gasteiger partial charge in [0.2, 0.25) is 0 Å². The first-order valence-electron chi connectivity index (χ1n) is 9.44. The van der Waals surface area contributed by atoms with Crippen LogP contribution in [0, 0.1) is 6.92 Å². The Morgan fingerprint density at radius 2 is 1.92 bits per heavy atom. The van der Waals surface area contributed by atoms with E-state index in [9.17, 15) is 4.79 Å². The van der Waals surface area contributed by atoms with E-state index in [4.69, 9.17) is 9.97 Å². The lowest BCUT2D eigenvalue weighted by Crippen LogP contribution is -2.40. The summed E-state index contributed by atoms with van der Waals surface area (Å²) in [4.78, 5) is 31.0. The highest BCUT2D eigenvalue weighted by molar-refractivity contribution is 5.94. The number of amides is 1. The number of aromatic nitrogens is 3. The molecule has 26 heavy (non-hydrogen) atoms. The average Bonchev–Trinajstić information content (AvgIpc) is 2.69. The number of nitrogens with zero attached hydrogens (tertiary/aromatic N) is 5. The first-order valence-corrected chi connectivity index (χ1v) is 9.44. The van der Waals surface area contributed by atoms with Crippen LogP contribution in [-0.2, 0) is 6.42 Å². The van der Waals surface area contributed by atoms with Crippen molar-refractivity contribution >= 4 is 11.7 Å². The lowest BCUT2D eigenvalue weighted by Gasteiger charge is -2.36. The van der Waals surface area contributed by atoms with Gasteiger partial charge in [0.05, 0.1) is 6.04 Å². The molecule has 0 saturated carbocycles. The predicted molar refractivity (Wildman–Crippen MR) is 100 cm³/mol. The minimum absolute atomic E-state index is 0.0458. The van der Waals surface area contributed by atoms with Crippen molar-refractivity contribution < 1.29 is 4.79 Å². The average molecular weight is 351 g/mol. The summed E-state index contributed by atoms with van der Waals surface area (Å²) in [6.07, 6.45) is 8.55. The monoisotopic (exact) mass is 351 g/mol. The number of fused-ring (bicyclic) bond motifs is 1. The highest BCUT2D eigenvalue weighted by Gasteiger charge is 2.32. The van der Waals surface area contributed by atoms with Gasteiger partial charge in [-0.2, -0.15) is 0 Å². The van der Waals surface area contributed by atoms with E-state index in [0.717, 1.165) is 62.5 Å². The topological polar surface area (TPSA) is 62.2 Å². The molecule has 0 bridgehead atoms. The molecule has 1 fully saturated rings. The van der Waals surface area contributed by atoms with E-state index in [1.54, 1.807) is 24.5 Å². The molecule has 0 spiro atoms. The van der Waals surface area contributed by atoms with Crippen molar-refractivity contribution in [3.05, 3.63) is 47.2 Å². The van der Waals surface area contributed by atoms with Gasteiger partial charge in [-0.3, -0.25) is 9.78 Å². The van der Waals surface area contributed by atoms with E-state index in [1.165, 1.54) is 5.56 Å². The fraction of sp³-hybridized carbons (Fsp3) is 0.500. The van der Waals surface area contributed by atoms with E-state index in [-0.39, 0.29) is 11.9 Å². The molecule has 0 aliphatic carbocycles. The zero-order chi connectivity index (χ0) is 18.1. The van der Waals surface area contributed by atoms with Crippen molar-refractivity contribution in [2.24, 2.45) is 0 Å². The van der Waals surface area contributed by atoms with Crippen molar-refractivity contribution in [1.82, 2.24) is 19.9 Å². The molecule has 0 unspecified atom stereocenters. The Hall–Kier alpha value is -2.50. The van der Waals surface area contributed by atoms with Crippen LogP contribution in [0.4, 0.5) is 5.82 Å². The first-order chi connectivity index (χ1) is 12.6. The molecule has 6 nitrogen and oxygen atoms in total. The molecule has 2 aliphatic heterocycles. The molecule has 2 aromatic heterocycles.